The van der Waals surface area contributed by atoms with Crippen molar-refractivity contribution in [3.63, 3.8) is 0 Å². The van der Waals surface area contributed by atoms with E-state index in [-0.39, 0.29) is 0 Å². The molecular formula is C18H18BrN3O2. The van der Waals surface area contributed by atoms with Crippen LogP contribution in [0.25, 0.3) is 22.2 Å². The number of nitrogens with two attached hydrogens (primary N) is 1. The number of aromatic nitrogens is 2. The molecule has 1 aromatic carbocycles. The zero-order chi connectivity index (χ0) is 17.1. The number of aromatic amines is 1. The Morgan fingerprint density at radius 3 is 2.79 bits per heavy atom. The molecule has 0 aliphatic rings. The molecule has 2 aromatic heterocycles. The highest BCUT2D eigenvalue weighted by molar-refractivity contribution is 9.10. The number of aryl methyl sites for hydroxylation is 1. The standard InChI is InChI=1S/C18H18BrN3O2/c19-13-7-12(9-21-10-13)17-14(3-1-2-6-20)15-8-11(18(23)24)4-5-16(15)22-17/h4-5,7-10,22H,1-3,6,20H2,(H,23,24). The van der Waals surface area contributed by atoms with Crippen LogP contribution in [0.4, 0.5) is 0 Å². The lowest BCUT2D eigenvalue weighted by Gasteiger charge is -2.05. The third kappa shape index (κ3) is 3.34. The third-order valence-electron chi connectivity index (χ3n) is 4.03. The molecule has 5 nitrogen and oxygen atoms in total. The van der Waals surface area contributed by atoms with E-state index in [1.165, 1.54) is 0 Å². The summed E-state index contributed by atoms with van der Waals surface area (Å²) in [6, 6.07) is 7.18. The molecule has 3 rings (SSSR count). The summed E-state index contributed by atoms with van der Waals surface area (Å²) in [5.74, 6) is -0.920. The van der Waals surface area contributed by atoms with Crippen LogP contribution in [0.1, 0.15) is 28.8 Å². The number of pyridine rings is 1. The molecule has 6 heteroatoms. The van der Waals surface area contributed by atoms with Crippen molar-refractivity contribution in [2.75, 3.05) is 6.54 Å². The van der Waals surface area contributed by atoms with Crippen LogP contribution in [0.15, 0.2) is 41.1 Å². The largest absolute Gasteiger partial charge is 0.478 e. The second kappa shape index (κ2) is 7.15. The van der Waals surface area contributed by atoms with Gasteiger partial charge in [-0.15, -0.1) is 0 Å². The molecule has 2 heterocycles. The van der Waals surface area contributed by atoms with Crippen molar-refractivity contribution in [3.8, 4) is 11.3 Å². The van der Waals surface area contributed by atoms with E-state index in [0.29, 0.717) is 12.1 Å². The van der Waals surface area contributed by atoms with Crippen LogP contribution in [0.5, 0.6) is 0 Å². The Labute approximate surface area is 148 Å². The average Bonchev–Trinajstić information content (AvgIpc) is 2.93. The molecule has 0 aliphatic carbocycles. The first kappa shape index (κ1) is 16.7. The van der Waals surface area contributed by atoms with Gasteiger partial charge in [0.05, 0.1) is 11.3 Å². The molecule has 24 heavy (non-hydrogen) atoms. The van der Waals surface area contributed by atoms with E-state index in [2.05, 4.69) is 25.9 Å². The second-order valence-corrected chi connectivity index (χ2v) is 6.60. The van der Waals surface area contributed by atoms with Gasteiger partial charge in [0.15, 0.2) is 0 Å². The predicted octanol–water partition coefficient (Wildman–Crippen LogP) is 3.97. The number of benzene rings is 1. The van der Waals surface area contributed by atoms with Crippen LogP contribution in [-0.2, 0) is 6.42 Å². The molecule has 0 fully saturated rings. The first-order valence-electron chi connectivity index (χ1n) is 7.79. The SMILES string of the molecule is NCCCCc1c(-c2cncc(Br)c2)[nH]c2ccc(C(=O)O)cc12. The molecule has 0 bridgehead atoms. The Morgan fingerprint density at radius 2 is 2.08 bits per heavy atom. The zero-order valence-corrected chi connectivity index (χ0v) is 14.6. The molecule has 0 spiro atoms. The lowest BCUT2D eigenvalue weighted by atomic mass is 10.00. The predicted molar refractivity (Wildman–Crippen MR) is 98.2 cm³/mol. The number of carbonyl (C=O) groups is 1. The number of rotatable bonds is 6. The fraction of sp³-hybridized carbons (Fsp3) is 0.222. The van der Waals surface area contributed by atoms with E-state index in [1.54, 1.807) is 24.5 Å². The summed E-state index contributed by atoms with van der Waals surface area (Å²) >= 11 is 3.45. The van der Waals surface area contributed by atoms with Crippen molar-refractivity contribution in [2.45, 2.75) is 19.3 Å². The summed E-state index contributed by atoms with van der Waals surface area (Å²) < 4.78 is 0.901. The highest BCUT2D eigenvalue weighted by Crippen LogP contribution is 2.33. The van der Waals surface area contributed by atoms with Gasteiger partial charge in [0, 0.05) is 33.3 Å². The first-order valence-corrected chi connectivity index (χ1v) is 8.58. The van der Waals surface area contributed by atoms with Crippen molar-refractivity contribution >= 4 is 32.8 Å². The summed E-state index contributed by atoms with van der Waals surface area (Å²) in [6.45, 7) is 0.649. The van der Waals surface area contributed by atoms with E-state index >= 15 is 0 Å². The van der Waals surface area contributed by atoms with Gasteiger partial charge in [0.25, 0.3) is 0 Å². The number of aromatic carboxylic acids is 1. The monoisotopic (exact) mass is 387 g/mol. The van der Waals surface area contributed by atoms with Gasteiger partial charge in [-0.25, -0.2) is 4.79 Å². The Balaban J connectivity index is 2.16. The quantitative estimate of drug-likeness (QED) is 0.557. The maximum atomic E-state index is 11.3. The van der Waals surface area contributed by atoms with Crippen molar-refractivity contribution in [1.82, 2.24) is 9.97 Å². The number of hydrogen-bond acceptors (Lipinski definition) is 3. The molecule has 0 saturated heterocycles. The minimum atomic E-state index is -0.920. The first-order chi connectivity index (χ1) is 11.6. The summed E-state index contributed by atoms with van der Waals surface area (Å²) in [5.41, 5.74) is 9.90. The molecule has 0 atom stereocenters. The Kier molecular flexibility index (Phi) is 4.97. The van der Waals surface area contributed by atoms with Crippen LogP contribution in [0, 0.1) is 0 Å². The summed E-state index contributed by atoms with van der Waals surface area (Å²) in [4.78, 5) is 18.9. The molecule has 0 unspecified atom stereocenters. The number of halogens is 1. The van der Waals surface area contributed by atoms with Crippen LogP contribution in [0.2, 0.25) is 0 Å². The van der Waals surface area contributed by atoms with E-state index < -0.39 is 5.97 Å². The number of carboxylic acid groups (broad SMARTS) is 1. The average molecular weight is 388 g/mol. The van der Waals surface area contributed by atoms with Gasteiger partial charge in [-0.3, -0.25) is 4.98 Å². The van der Waals surface area contributed by atoms with Crippen molar-refractivity contribution in [1.29, 1.82) is 0 Å². The van der Waals surface area contributed by atoms with Gasteiger partial charge in [0.1, 0.15) is 0 Å². The molecule has 4 N–H and O–H groups in total. The Hall–Kier alpha value is -2.18. The number of carboxylic acids is 1. The number of unbranched alkanes of at least 4 members (excludes halogenated alkanes) is 1. The van der Waals surface area contributed by atoms with E-state index in [4.69, 9.17) is 5.73 Å². The minimum Gasteiger partial charge on any atom is -0.478 e. The third-order valence-corrected chi connectivity index (χ3v) is 4.46. The van der Waals surface area contributed by atoms with Gasteiger partial charge in [0.2, 0.25) is 0 Å². The number of hydrogen-bond donors (Lipinski definition) is 3. The van der Waals surface area contributed by atoms with Gasteiger partial charge in [-0.2, -0.15) is 0 Å². The van der Waals surface area contributed by atoms with Crippen molar-refractivity contribution in [3.05, 3.63) is 52.3 Å². The lowest BCUT2D eigenvalue weighted by Crippen LogP contribution is -1.99. The topological polar surface area (TPSA) is 92.0 Å². The molecule has 3 aromatic rings. The number of nitrogens with zero attached hydrogens (tertiary/aromatic N) is 1. The second-order valence-electron chi connectivity index (χ2n) is 5.68. The number of nitrogens with one attached hydrogen (secondary N) is 1. The fourth-order valence-electron chi connectivity index (χ4n) is 2.88. The molecule has 0 amide bonds. The molecule has 0 aliphatic heterocycles. The molecule has 124 valence electrons. The van der Waals surface area contributed by atoms with E-state index in [0.717, 1.165) is 51.5 Å². The normalized spacial score (nSPS) is 11.1. The van der Waals surface area contributed by atoms with Crippen LogP contribution < -0.4 is 5.73 Å². The number of fused-ring (bicyclic) bond motifs is 1. The minimum absolute atomic E-state index is 0.292. The summed E-state index contributed by atoms with van der Waals surface area (Å²) in [6.07, 6.45) is 6.27. The van der Waals surface area contributed by atoms with Crippen LogP contribution in [0.3, 0.4) is 0 Å². The summed E-state index contributed by atoms with van der Waals surface area (Å²) in [5, 5.41) is 10.2. The summed E-state index contributed by atoms with van der Waals surface area (Å²) in [7, 11) is 0. The number of H-pyrrole nitrogens is 1. The maximum absolute atomic E-state index is 11.3. The van der Waals surface area contributed by atoms with Crippen molar-refractivity contribution < 1.29 is 9.90 Å². The van der Waals surface area contributed by atoms with Crippen LogP contribution in [-0.4, -0.2) is 27.6 Å². The fourth-order valence-corrected chi connectivity index (χ4v) is 3.25. The molecule has 0 radical (unpaired) electrons. The maximum Gasteiger partial charge on any atom is 0.335 e. The van der Waals surface area contributed by atoms with Gasteiger partial charge < -0.3 is 15.8 Å². The molecule has 0 saturated carbocycles. The van der Waals surface area contributed by atoms with Gasteiger partial charge >= 0.3 is 5.97 Å². The van der Waals surface area contributed by atoms with E-state index in [9.17, 15) is 9.90 Å². The Morgan fingerprint density at radius 1 is 1.25 bits per heavy atom. The van der Waals surface area contributed by atoms with E-state index in [1.807, 2.05) is 12.1 Å². The Bertz CT molecular complexity index is 889. The highest BCUT2D eigenvalue weighted by atomic mass is 79.9. The van der Waals surface area contributed by atoms with Gasteiger partial charge in [-0.1, -0.05) is 0 Å². The zero-order valence-electron chi connectivity index (χ0n) is 13.1. The lowest BCUT2D eigenvalue weighted by molar-refractivity contribution is 0.0697. The highest BCUT2D eigenvalue weighted by Gasteiger charge is 2.15. The smallest absolute Gasteiger partial charge is 0.335 e. The van der Waals surface area contributed by atoms with Crippen molar-refractivity contribution in [2.24, 2.45) is 5.73 Å². The van der Waals surface area contributed by atoms with Gasteiger partial charge in [-0.05, 0) is 71.6 Å². The molecular weight excluding hydrogens is 370 g/mol. The van der Waals surface area contributed by atoms with Crippen LogP contribution >= 0.6 is 15.9 Å².